The number of anilines is 1. The van der Waals surface area contributed by atoms with Crippen LogP contribution in [0.1, 0.15) is 39.1 Å². The van der Waals surface area contributed by atoms with Gasteiger partial charge in [-0.2, -0.15) is 0 Å². The molecule has 2 aromatic carbocycles. The minimum absolute atomic E-state index is 0.123. The van der Waals surface area contributed by atoms with E-state index in [1.807, 2.05) is 48.7 Å². The normalized spacial score (nSPS) is 19.5. The van der Waals surface area contributed by atoms with Crippen LogP contribution in [-0.2, 0) is 4.79 Å². The standard InChI is InChI=1S/C22H19N3O4S/c1-12-10-30-22(23-12)24-20(26)18-14-5-3-4-6-15(14)21(27)25(2)19(18)13-7-8-16-17(9-13)29-11-28-16/h3-10,18-19H,11H2,1-2H3,(H,23,24,26)/t18-,19+/m1/s1. The number of ether oxygens (including phenoxy) is 2. The first-order chi connectivity index (χ1) is 14.5. The molecule has 152 valence electrons. The molecule has 0 saturated carbocycles. The third-order valence-electron chi connectivity index (χ3n) is 5.45. The molecule has 1 aromatic heterocycles. The van der Waals surface area contributed by atoms with Gasteiger partial charge in [0, 0.05) is 18.0 Å². The van der Waals surface area contributed by atoms with Crippen molar-refractivity contribution in [3.63, 3.8) is 0 Å². The van der Waals surface area contributed by atoms with Crippen molar-refractivity contribution < 1.29 is 19.1 Å². The number of rotatable bonds is 3. The molecule has 7 nitrogen and oxygen atoms in total. The molecule has 0 fully saturated rings. The van der Waals surface area contributed by atoms with Gasteiger partial charge in [0.2, 0.25) is 12.7 Å². The molecule has 0 bridgehead atoms. The Kier molecular flexibility index (Phi) is 4.43. The molecule has 2 atom stereocenters. The number of aryl methyl sites for hydroxylation is 1. The zero-order valence-corrected chi connectivity index (χ0v) is 17.2. The quantitative estimate of drug-likeness (QED) is 0.697. The smallest absolute Gasteiger partial charge is 0.254 e. The highest BCUT2D eigenvalue weighted by atomic mass is 32.1. The average Bonchev–Trinajstić information content (AvgIpc) is 3.38. The third-order valence-corrected chi connectivity index (χ3v) is 6.32. The van der Waals surface area contributed by atoms with Crippen LogP contribution in [0.25, 0.3) is 0 Å². The number of nitrogens with one attached hydrogen (secondary N) is 1. The van der Waals surface area contributed by atoms with Gasteiger partial charge in [0.25, 0.3) is 5.91 Å². The number of thiazole rings is 1. The van der Waals surface area contributed by atoms with Crippen molar-refractivity contribution in [2.24, 2.45) is 0 Å². The van der Waals surface area contributed by atoms with Crippen LogP contribution >= 0.6 is 11.3 Å². The molecule has 30 heavy (non-hydrogen) atoms. The highest BCUT2D eigenvalue weighted by molar-refractivity contribution is 7.13. The Hall–Kier alpha value is -3.39. The average molecular weight is 421 g/mol. The molecule has 2 aliphatic heterocycles. The zero-order valence-electron chi connectivity index (χ0n) is 16.4. The molecule has 0 unspecified atom stereocenters. The van der Waals surface area contributed by atoms with Crippen LogP contribution in [0, 0.1) is 6.92 Å². The lowest BCUT2D eigenvalue weighted by Crippen LogP contribution is -2.44. The molecule has 8 heteroatoms. The molecule has 0 aliphatic carbocycles. The molecular formula is C22H19N3O4S. The number of hydrogen-bond donors (Lipinski definition) is 1. The predicted molar refractivity (Wildman–Crippen MR) is 112 cm³/mol. The largest absolute Gasteiger partial charge is 0.454 e. The fourth-order valence-electron chi connectivity index (χ4n) is 4.07. The molecule has 5 rings (SSSR count). The lowest BCUT2D eigenvalue weighted by molar-refractivity contribution is -0.119. The van der Waals surface area contributed by atoms with Crippen molar-refractivity contribution in [2.75, 3.05) is 19.2 Å². The summed E-state index contributed by atoms with van der Waals surface area (Å²) in [5.41, 5.74) is 2.89. The summed E-state index contributed by atoms with van der Waals surface area (Å²) in [6.45, 7) is 2.04. The number of amides is 2. The van der Waals surface area contributed by atoms with E-state index in [1.54, 1.807) is 18.0 Å². The summed E-state index contributed by atoms with van der Waals surface area (Å²) in [4.78, 5) is 32.5. The Morgan fingerprint density at radius 1 is 1.20 bits per heavy atom. The maximum atomic E-state index is 13.5. The Morgan fingerprint density at radius 3 is 2.80 bits per heavy atom. The van der Waals surface area contributed by atoms with Gasteiger partial charge in [-0.25, -0.2) is 4.98 Å². The van der Waals surface area contributed by atoms with E-state index >= 15 is 0 Å². The summed E-state index contributed by atoms with van der Waals surface area (Å²) in [7, 11) is 1.72. The van der Waals surface area contributed by atoms with Crippen molar-refractivity contribution in [3.05, 3.63) is 70.2 Å². The molecule has 3 aromatic rings. The van der Waals surface area contributed by atoms with Crippen molar-refractivity contribution in [2.45, 2.75) is 18.9 Å². The lowest BCUT2D eigenvalue weighted by Gasteiger charge is -2.39. The van der Waals surface area contributed by atoms with Crippen LogP contribution in [0.5, 0.6) is 11.5 Å². The van der Waals surface area contributed by atoms with Gasteiger partial charge in [-0.3, -0.25) is 9.59 Å². The fourth-order valence-corrected chi connectivity index (χ4v) is 4.76. The van der Waals surface area contributed by atoms with Crippen LogP contribution in [0.3, 0.4) is 0 Å². The van der Waals surface area contributed by atoms with Gasteiger partial charge in [-0.05, 0) is 36.2 Å². The lowest BCUT2D eigenvalue weighted by atomic mass is 9.79. The number of carbonyl (C=O) groups excluding carboxylic acids is 2. The zero-order chi connectivity index (χ0) is 20.8. The van der Waals surface area contributed by atoms with Crippen LogP contribution in [-0.4, -0.2) is 35.5 Å². The fraction of sp³-hybridized carbons (Fsp3) is 0.227. The maximum absolute atomic E-state index is 13.5. The summed E-state index contributed by atoms with van der Waals surface area (Å²) in [5.74, 6) is 0.333. The SMILES string of the molecule is Cc1csc(NC(=O)[C@@H]2c3ccccc3C(=O)N(C)[C@H]2c2ccc3c(c2)OCO3)n1. The number of nitrogens with zero attached hydrogens (tertiary/aromatic N) is 2. The first kappa shape index (κ1) is 18.6. The van der Waals surface area contributed by atoms with Gasteiger partial charge >= 0.3 is 0 Å². The van der Waals surface area contributed by atoms with Crippen molar-refractivity contribution in [1.29, 1.82) is 0 Å². The molecule has 0 spiro atoms. The monoisotopic (exact) mass is 421 g/mol. The van der Waals surface area contributed by atoms with Crippen molar-refractivity contribution in [3.8, 4) is 11.5 Å². The molecular weight excluding hydrogens is 402 g/mol. The predicted octanol–water partition coefficient (Wildman–Crippen LogP) is 3.73. The summed E-state index contributed by atoms with van der Waals surface area (Å²) in [5, 5.41) is 5.36. The summed E-state index contributed by atoms with van der Waals surface area (Å²) < 4.78 is 10.9. The number of hydrogen-bond acceptors (Lipinski definition) is 6. The summed E-state index contributed by atoms with van der Waals surface area (Å²) in [6, 6.07) is 12.3. The number of likely N-dealkylation sites (N-methyl/N-ethyl adjacent to an activating group) is 1. The van der Waals surface area contributed by atoms with Gasteiger partial charge in [0.15, 0.2) is 16.6 Å². The minimum Gasteiger partial charge on any atom is -0.454 e. The van der Waals surface area contributed by atoms with Crippen LogP contribution in [0.2, 0.25) is 0 Å². The van der Waals surface area contributed by atoms with Crippen LogP contribution < -0.4 is 14.8 Å². The second-order valence-corrected chi connectivity index (χ2v) is 8.18. The molecule has 2 aliphatic rings. The van der Waals surface area contributed by atoms with E-state index in [1.165, 1.54) is 11.3 Å². The second kappa shape index (κ2) is 7.14. The van der Waals surface area contributed by atoms with E-state index in [0.29, 0.717) is 27.8 Å². The number of benzene rings is 2. The topological polar surface area (TPSA) is 80.8 Å². The number of carbonyl (C=O) groups is 2. The van der Waals surface area contributed by atoms with E-state index in [9.17, 15) is 9.59 Å². The van der Waals surface area contributed by atoms with Crippen molar-refractivity contribution in [1.82, 2.24) is 9.88 Å². The highest BCUT2D eigenvalue weighted by Gasteiger charge is 2.43. The summed E-state index contributed by atoms with van der Waals surface area (Å²) >= 11 is 1.38. The van der Waals surface area contributed by atoms with Gasteiger partial charge in [0.1, 0.15) is 0 Å². The van der Waals surface area contributed by atoms with E-state index in [4.69, 9.17) is 9.47 Å². The molecule has 0 saturated heterocycles. The van der Waals surface area contributed by atoms with Crippen LogP contribution in [0.4, 0.5) is 5.13 Å². The van der Waals surface area contributed by atoms with Gasteiger partial charge < -0.3 is 19.7 Å². The highest BCUT2D eigenvalue weighted by Crippen LogP contribution is 2.45. The van der Waals surface area contributed by atoms with Crippen molar-refractivity contribution >= 4 is 28.3 Å². The first-order valence-corrected chi connectivity index (χ1v) is 10.4. The van der Waals surface area contributed by atoms with E-state index in [2.05, 4.69) is 10.3 Å². The van der Waals surface area contributed by atoms with Gasteiger partial charge in [-0.1, -0.05) is 24.3 Å². The number of aromatic nitrogens is 1. The minimum atomic E-state index is -0.603. The van der Waals surface area contributed by atoms with E-state index < -0.39 is 12.0 Å². The third kappa shape index (κ3) is 3.00. The van der Waals surface area contributed by atoms with Crippen LogP contribution in [0.15, 0.2) is 47.8 Å². The maximum Gasteiger partial charge on any atom is 0.254 e. The van der Waals surface area contributed by atoms with Gasteiger partial charge in [-0.15, -0.1) is 11.3 Å². The van der Waals surface area contributed by atoms with E-state index in [-0.39, 0.29) is 18.6 Å². The Morgan fingerprint density at radius 2 is 2.00 bits per heavy atom. The Bertz CT molecular complexity index is 1160. The molecule has 1 N–H and O–H groups in total. The second-order valence-electron chi connectivity index (χ2n) is 7.32. The first-order valence-electron chi connectivity index (χ1n) is 9.51. The van der Waals surface area contributed by atoms with E-state index in [0.717, 1.165) is 11.3 Å². The molecule has 3 heterocycles. The molecule has 2 amide bonds. The van der Waals surface area contributed by atoms with Gasteiger partial charge in [0.05, 0.1) is 17.7 Å². The summed E-state index contributed by atoms with van der Waals surface area (Å²) in [6.07, 6.45) is 0. The Labute approximate surface area is 177 Å². The molecule has 0 radical (unpaired) electrons. The number of fused-ring (bicyclic) bond motifs is 2. The Balaban J connectivity index is 1.61.